The molecule has 0 spiro atoms. The summed E-state index contributed by atoms with van der Waals surface area (Å²) in [7, 11) is -2.34. The van der Waals surface area contributed by atoms with Crippen molar-refractivity contribution in [3.8, 4) is 5.75 Å². The molecule has 3 rings (SSSR count). The van der Waals surface area contributed by atoms with Crippen LogP contribution in [-0.4, -0.2) is 43.9 Å². The van der Waals surface area contributed by atoms with E-state index in [4.69, 9.17) is 9.15 Å². The molecule has 0 fully saturated rings. The van der Waals surface area contributed by atoms with Gasteiger partial charge in [-0.25, -0.2) is 8.42 Å². The lowest BCUT2D eigenvalue weighted by molar-refractivity contribution is -0.134. The fourth-order valence-corrected chi connectivity index (χ4v) is 5.15. The van der Waals surface area contributed by atoms with Crippen molar-refractivity contribution in [3.63, 3.8) is 0 Å². The van der Waals surface area contributed by atoms with Crippen LogP contribution in [0.3, 0.4) is 0 Å². The Morgan fingerprint density at radius 1 is 1.24 bits per heavy atom. The lowest BCUT2D eigenvalue weighted by Gasteiger charge is -2.29. The molecule has 1 aromatic carbocycles. The van der Waals surface area contributed by atoms with Gasteiger partial charge in [0.2, 0.25) is 15.9 Å². The number of nitrogens with one attached hydrogen (secondary N) is 1. The van der Waals surface area contributed by atoms with E-state index in [2.05, 4.69) is 9.71 Å². The largest absolute Gasteiger partial charge is 0.496 e. The molecule has 2 aromatic heterocycles. The number of carbonyl (C=O) groups is 1. The summed E-state index contributed by atoms with van der Waals surface area (Å²) in [5, 5.41) is 0.682. The quantitative estimate of drug-likeness (QED) is 0.433. The van der Waals surface area contributed by atoms with Gasteiger partial charge < -0.3 is 14.1 Å². The summed E-state index contributed by atoms with van der Waals surface area (Å²) in [5.41, 5.74) is 2.18. The van der Waals surface area contributed by atoms with E-state index in [1.807, 2.05) is 27.7 Å². The summed E-state index contributed by atoms with van der Waals surface area (Å²) < 4.78 is 39.8. The molecule has 34 heavy (non-hydrogen) atoms. The number of amides is 1. The molecule has 9 heteroatoms. The highest BCUT2D eigenvalue weighted by Crippen LogP contribution is 2.23. The van der Waals surface area contributed by atoms with Crippen molar-refractivity contribution in [1.82, 2.24) is 14.6 Å². The number of sulfonamides is 1. The third-order valence-corrected chi connectivity index (χ3v) is 7.13. The fraction of sp³-hybridized carbons (Fsp3) is 0.440. The van der Waals surface area contributed by atoms with Crippen LogP contribution >= 0.6 is 0 Å². The van der Waals surface area contributed by atoms with Gasteiger partial charge >= 0.3 is 0 Å². The van der Waals surface area contributed by atoms with Gasteiger partial charge in [-0.15, -0.1) is 0 Å². The molecule has 184 valence electrons. The molecule has 1 amide bonds. The van der Waals surface area contributed by atoms with Crippen LogP contribution in [0.5, 0.6) is 5.75 Å². The maximum atomic E-state index is 13.6. The number of methoxy groups -OCH3 is 1. The standard InChI is InChI=1S/C25H33N3O5S/c1-6-12-28(16-22-18(4)23(32-5)9-11-26-22)25(29)21(14-17(2)3)27-34(30,31)20-7-8-24-19(15-20)10-13-33-24/h7-11,13,15,17,21,27H,6,12,14,16H2,1-5H3/t21-/m0/s1. The molecule has 0 aliphatic heterocycles. The predicted molar refractivity (Wildman–Crippen MR) is 131 cm³/mol. The molecule has 0 saturated carbocycles. The van der Waals surface area contributed by atoms with E-state index in [0.717, 1.165) is 17.7 Å². The number of ether oxygens (including phenoxy) is 1. The summed E-state index contributed by atoms with van der Waals surface area (Å²) in [6, 6.07) is 7.23. The molecule has 0 aliphatic rings. The minimum absolute atomic E-state index is 0.0929. The number of furan rings is 1. The van der Waals surface area contributed by atoms with Crippen molar-refractivity contribution in [2.45, 2.75) is 58.0 Å². The number of rotatable bonds is 11. The topological polar surface area (TPSA) is 102 Å². The van der Waals surface area contributed by atoms with Gasteiger partial charge in [0.1, 0.15) is 17.4 Å². The van der Waals surface area contributed by atoms with Crippen molar-refractivity contribution < 1.29 is 22.4 Å². The van der Waals surface area contributed by atoms with Crippen LogP contribution < -0.4 is 9.46 Å². The third kappa shape index (κ3) is 5.95. The van der Waals surface area contributed by atoms with Crippen LogP contribution in [-0.2, 0) is 21.4 Å². The summed E-state index contributed by atoms with van der Waals surface area (Å²) in [6.07, 6.45) is 4.26. The molecule has 1 N–H and O–H groups in total. The summed E-state index contributed by atoms with van der Waals surface area (Å²) in [6.45, 7) is 8.56. The second kappa shape index (κ2) is 11.0. The number of aromatic nitrogens is 1. The molecule has 0 bridgehead atoms. The number of pyridine rings is 1. The smallest absolute Gasteiger partial charge is 0.241 e. The van der Waals surface area contributed by atoms with E-state index in [-0.39, 0.29) is 23.3 Å². The molecule has 3 aromatic rings. The van der Waals surface area contributed by atoms with Gasteiger partial charge in [-0.3, -0.25) is 9.78 Å². The van der Waals surface area contributed by atoms with E-state index in [0.29, 0.717) is 29.7 Å². The number of benzene rings is 1. The SMILES string of the molecule is CCCN(Cc1nccc(OC)c1C)C(=O)[C@H](CC(C)C)NS(=O)(=O)c1ccc2occc2c1. The Balaban J connectivity index is 1.88. The second-order valence-electron chi connectivity index (χ2n) is 8.77. The zero-order chi connectivity index (χ0) is 24.9. The monoisotopic (exact) mass is 487 g/mol. The van der Waals surface area contributed by atoms with Crippen molar-refractivity contribution in [2.24, 2.45) is 5.92 Å². The van der Waals surface area contributed by atoms with Gasteiger partial charge in [-0.1, -0.05) is 20.8 Å². The summed E-state index contributed by atoms with van der Waals surface area (Å²) in [5.74, 6) is 0.531. The Morgan fingerprint density at radius 3 is 2.68 bits per heavy atom. The molecular formula is C25H33N3O5S. The first kappa shape index (κ1) is 25.7. The van der Waals surface area contributed by atoms with E-state index < -0.39 is 16.1 Å². The summed E-state index contributed by atoms with van der Waals surface area (Å²) >= 11 is 0. The normalized spacial score (nSPS) is 12.8. The molecule has 2 heterocycles. The van der Waals surface area contributed by atoms with Crippen LogP contribution in [0.1, 0.15) is 44.9 Å². The average molecular weight is 488 g/mol. The Kier molecular flexibility index (Phi) is 8.33. The maximum Gasteiger partial charge on any atom is 0.241 e. The Morgan fingerprint density at radius 2 is 2.00 bits per heavy atom. The van der Waals surface area contributed by atoms with E-state index in [9.17, 15) is 13.2 Å². The second-order valence-corrected chi connectivity index (χ2v) is 10.5. The van der Waals surface area contributed by atoms with Crippen molar-refractivity contribution >= 4 is 26.9 Å². The van der Waals surface area contributed by atoms with E-state index in [1.165, 1.54) is 12.3 Å². The highest BCUT2D eigenvalue weighted by molar-refractivity contribution is 7.89. The van der Waals surface area contributed by atoms with Gasteiger partial charge in [0.05, 0.1) is 30.5 Å². The highest BCUT2D eigenvalue weighted by Gasteiger charge is 2.30. The van der Waals surface area contributed by atoms with Crippen LogP contribution in [0, 0.1) is 12.8 Å². The van der Waals surface area contributed by atoms with Crippen LogP contribution in [0.25, 0.3) is 11.0 Å². The number of carbonyl (C=O) groups excluding carboxylic acids is 1. The van der Waals surface area contributed by atoms with Crippen LogP contribution in [0.2, 0.25) is 0 Å². The van der Waals surface area contributed by atoms with Crippen molar-refractivity contribution in [1.29, 1.82) is 0 Å². The molecule has 1 atom stereocenters. The lowest BCUT2D eigenvalue weighted by atomic mass is 10.0. The lowest BCUT2D eigenvalue weighted by Crippen LogP contribution is -2.49. The first-order chi connectivity index (χ1) is 16.2. The minimum Gasteiger partial charge on any atom is -0.496 e. The average Bonchev–Trinajstić information content (AvgIpc) is 3.26. The highest BCUT2D eigenvalue weighted by atomic mass is 32.2. The van der Waals surface area contributed by atoms with Crippen molar-refractivity contribution in [3.05, 3.63) is 54.0 Å². The van der Waals surface area contributed by atoms with E-state index in [1.54, 1.807) is 42.5 Å². The first-order valence-electron chi connectivity index (χ1n) is 11.4. The zero-order valence-corrected chi connectivity index (χ0v) is 21.2. The van der Waals surface area contributed by atoms with Gasteiger partial charge in [-0.05, 0) is 56.0 Å². The van der Waals surface area contributed by atoms with Crippen LogP contribution in [0.15, 0.2) is 52.1 Å². The molecule has 0 unspecified atom stereocenters. The Labute approximate surface area is 201 Å². The first-order valence-corrected chi connectivity index (χ1v) is 12.9. The molecule has 0 saturated heterocycles. The Hall–Kier alpha value is -2.91. The maximum absolute atomic E-state index is 13.6. The van der Waals surface area contributed by atoms with Crippen LogP contribution in [0.4, 0.5) is 0 Å². The molecule has 0 radical (unpaired) electrons. The molecule has 0 aliphatic carbocycles. The van der Waals surface area contributed by atoms with Gasteiger partial charge in [-0.2, -0.15) is 4.72 Å². The zero-order valence-electron chi connectivity index (χ0n) is 20.4. The Bertz CT molecular complexity index is 1240. The minimum atomic E-state index is -3.93. The predicted octanol–water partition coefficient (Wildman–Crippen LogP) is 4.28. The number of nitrogens with zero attached hydrogens (tertiary/aromatic N) is 2. The third-order valence-electron chi connectivity index (χ3n) is 5.66. The van der Waals surface area contributed by atoms with Crippen molar-refractivity contribution in [2.75, 3.05) is 13.7 Å². The van der Waals surface area contributed by atoms with Gasteiger partial charge in [0, 0.05) is 23.7 Å². The number of hydrogen-bond donors (Lipinski definition) is 1. The van der Waals surface area contributed by atoms with E-state index >= 15 is 0 Å². The number of fused-ring (bicyclic) bond motifs is 1. The summed E-state index contributed by atoms with van der Waals surface area (Å²) in [4.78, 5) is 19.8. The fourth-order valence-electron chi connectivity index (χ4n) is 3.92. The van der Waals surface area contributed by atoms with Gasteiger partial charge in [0.15, 0.2) is 0 Å². The molecule has 8 nitrogen and oxygen atoms in total. The van der Waals surface area contributed by atoms with Gasteiger partial charge in [0.25, 0.3) is 0 Å². The number of hydrogen-bond acceptors (Lipinski definition) is 6. The molecular weight excluding hydrogens is 454 g/mol.